The van der Waals surface area contributed by atoms with Crippen LogP contribution in [0.5, 0.6) is 5.75 Å². The lowest BCUT2D eigenvalue weighted by molar-refractivity contribution is 0.377. The van der Waals surface area contributed by atoms with Crippen molar-refractivity contribution in [2.45, 2.75) is 58.9 Å². The van der Waals surface area contributed by atoms with Crippen LogP contribution in [0.3, 0.4) is 0 Å². The fraction of sp³-hybridized carbons (Fsp3) is 0.458. The summed E-state index contributed by atoms with van der Waals surface area (Å²) in [6.07, 6.45) is 4.13. The Morgan fingerprint density at radius 3 is 2.48 bits per heavy atom. The van der Waals surface area contributed by atoms with Gasteiger partial charge in [0, 0.05) is 35.6 Å². The van der Waals surface area contributed by atoms with Gasteiger partial charge in [-0.05, 0) is 68.9 Å². The van der Waals surface area contributed by atoms with Crippen LogP contribution in [-0.4, -0.2) is 25.4 Å². The van der Waals surface area contributed by atoms with Gasteiger partial charge < -0.3 is 9.64 Å². The molecule has 3 nitrogen and oxygen atoms in total. The van der Waals surface area contributed by atoms with Gasteiger partial charge >= 0.3 is 0 Å². The smallest absolute Gasteiger partial charge is 0.129 e. The molecule has 0 radical (unpaired) electrons. The van der Waals surface area contributed by atoms with E-state index in [-0.39, 0.29) is 5.54 Å². The Morgan fingerprint density at radius 2 is 1.89 bits per heavy atom. The molecule has 0 aromatic heterocycles. The normalized spacial score (nSPS) is 18.6. The monoisotopic (exact) mass is 364 g/mol. The van der Waals surface area contributed by atoms with Crippen molar-refractivity contribution in [3.05, 3.63) is 53.1 Å². The number of nitrogens with zero attached hydrogens (tertiary/aromatic N) is 2. The molecule has 0 bridgehead atoms. The molecule has 0 N–H and O–H groups in total. The summed E-state index contributed by atoms with van der Waals surface area (Å²) < 4.78 is 5.71. The molecule has 0 spiro atoms. The molecule has 0 aliphatic carbocycles. The topological polar surface area (TPSA) is 24.8 Å². The van der Waals surface area contributed by atoms with E-state index in [2.05, 4.69) is 80.9 Å². The van der Waals surface area contributed by atoms with Gasteiger partial charge in [-0.25, -0.2) is 0 Å². The Kier molecular flexibility index (Phi) is 5.59. The van der Waals surface area contributed by atoms with Crippen molar-refractivity contribution < 1.29 is 4.74 Å². The molecule has 1 aliphatic rings. The van der Waals surface area contributed by atoms with Crippen LogP contribution in [0.4, 0.5) is 11.4 Å². The molecule has 2 aromatic rings. The molecule has 3 rings (SSSR count). The summed E-state index contributed by atoms with van der Waals surface area (Å²) in [6.45, 7) is 12.4. The van der Waals surface area contributed by atoms with Crippen LogP contribution in [0.1, 0.15) is 63.6 Å². The summed E-state index contributed by atoms with van der Waals surface area (Å²) >= 11 is 0. The first-order valence-corrected chi connectivity index (χ1v) is 10.0. The maximum Gasteiger partial charge on any atom is 0.129 e. The first-order valence-electron chi connectivity index (χ1n) is 10.0. The quantitative estimate of drug-likeness (QED) is 0.597. The summed E-state index contributed by atoms with van der Waals surface area (Å²) in [7, 11) is 1.74. The third kappa shape index (κ3) is 3.87. The summed E-state index contributed by atoms with van der Waals surface area (Å²) in [5, 5.41) is 0. The van der Waals surface area contributed by atoms with Gasteiger partial charge in [0.2, 0.25) is 0 Å². The summed E-state index contributed by atoms with van der Waals surface area (Å²) in [5.41, 5.74) is 6.18. The zero-order chi connectivity index (χ0) is 19.6. The fourth-order valence-electron chi connectivity index (χ4n) is 4.37. The molecule has 144 valence electrons. The highest BCUT2D eigenvalue weighted by molar-refractivity contribution is 5.87. The van der Waals surface area contributed by atoms with Gasteiger partial charge in [-0.2, -0.15) is 0 Å². The number of aliphatic imine (C=N–C) groups is 1. The van der Waals surface area contributed by atoms with Crippen LogP contribution < -0.4 is 9.64 Å². The lowest BCUT2D eigenvalue weighted by atomic mass is 9.79. The molecule has 2 aromatic carbocycles. The van der Waals surface area contributed by atoms with E-state index < -0.39 is 0 Å². The van der Waals surface area contributed by atoms with E-state index in [0.717, 1.165) is 36.4 Å². The lowest BCUT2D eigenvalue weighted by Crippen LogP contribution is -2.48. The summed E-state index contributed by atoms with van der Waals surface area (Å²) in [5.74, 6) is 1.39. The van der Waals surface area contributed by atoms with Crippen LogP contribution in [0.2, 0.25) is 0 Å². The van der Waals surface area contributed by atoms with Gasteiger partial charge in [-0.15, -0.1) is 0 Å². The molecule has 1 heterocycles. The first-order chi connectivity index (χ1) is 12.9. The van der Waals surface area contributed by atoms with Crippen molar-refractivity contribution in [1.82, 2.24) is 0 Å². The molecule has 0 saturated heterocycles. The average molecular weight is 365 g/mol. The maximum absolute atomic E-state index is 5.71. The number of fused-ring (bicyclic) bond motifs is 1. The van der Waals surface area contributed by atoms with Crippen molar-refractivity contribution in [1.29, 1.82) is 0 Å². The summed E-state index contributed by atoms with van der Waals surface area (Å²) in [6, 6.07) is 12.9. The average Bonchev–Trinajstić information content (AvgIpc) is 2.66. The molecular weight excluding hydrogens is 332 g/mol. The minimum absolute atomic E-state index is 0.156. The Labute approximate surface area is 164 Å². The van der Waals surface area contributed by atoms with Gasteiger partial charge in [0.15, 0.2) is 0 Å². The van der Waals surface area contributed by atoms with Gasteiger partial charge in [0.25, 0.3) is 0 Å². The minimum Gasteiger partial charge on any atom is -0.496 e. The van der Waals surface area contributed by atoms with E-state index in [0.29, 0.717) is 5.92 Å². The van der Waals surface area contributed by atoms with Crippen molar-refractivity contribution in [3.63, 3.8) is 0 Å². The number of ether oxygens (including phenoxy) is 1. The molecule has 1 atom stereocenters. The van der Waals surface area contributed by atoms with Crippen LogP contribution in [-0.2, 0) is 6.42 Å². The molecule has 3 heteroatoms. The number of aryl methyl sites for hydroxylation is 1. The minimum atomic E-state index is 0.156. The molecular formula is C24H32N2O. The van der Waals surface area contributed by atoms with Crippen LogP contribution in [0.25, 0.3) is 0 Å². The Morgan fingerprint density at radius 1 is 1.19 bits per heavy atom. The van der Waals surface area contributed by atoms with E-state index in [9.17, 15) is 0 Å². The van der Waals surface area contributed by atoms with Gasteiger partial charge in [0.1, 0.15) is 5.75 Å². The van der Waals surface area contributed by atoms with E-state index in [1.807, 2.05) is 6.21 Å². The molecule has 0 amide bonds. The molecule has 0 fully saturated rings. The zero-order valence-corrected chi connectivity index (χ0v) is 17.5. The van der Waals surface area contributed by atoms with Crippen molar-refractivity contribution >= 4 is 17.6 Å². The predicted molar refractivity (Wildman–Crippen MR) is 116 cm³/mol. The molecule has 0 saturated carbocycles. The highest BCUT2D eigenvalue weighted by atomic mass is 16.5. The largest absolute Gasteiger partial charge is 0.496 e. The second-order valence-corrected chi connectivity index (χ2v) is 8.09. The van der Waals surface area contributed by atoms with E-state index in [1.54, 1.807) is 7.11 Å². The zero-order valence-electron chi connectivity index (χ0n) is 17.5. The molecule has 1 aliphatic heterocycles. The standard InChI is InChI=1S/C24H32N2O/c1-7-18-9-11-20(12-10-18)25-16-19-13-21-17(3)15-24(4,5)26(8-2)22(21)14-23(19)27-6/h9-14,16-17H,7-8,15H2,1-6H3. The number of methoxy groups -OCH3 is 1. The third-order valence-electron chi connectivity index (χ3n) is 5.75. The molecule has 27 heavy (non-hydrogen) atoms. The van der Waals surface area contributed by atoms with E-state index in [1.165, 1.54) is 16.8 Å². The van der Waals surface area contributed by atoms with Crippen LogP contribution >= 0.6 is 0 Å². The van der Waals surface area contributed by atoms with Crippen LogP contribution in [0.15, 0.2) is 41.4 Å². The first kappa shape index (κ1) is 19.5. The molecule has 1 unspecified atom stereocenters. The number of hydrogen-bond acceptors (Lipinski definition) is 3. The Bertz CT molecular complexity index is 821. The predicted octanol–water partition coefficient (Wildman–Crippen LogP) is 6.12. The van der Waals surface area contributed by atoms with E-state index >= 15 is 0 Å². The van der Waals surface area contributed by atoms with E-state index in [4.69, 9.17) is 4.74 Å². The Balaban J connectivity index is 1.99. The highest BCUT2D eigenvalue weighted by Gasteiger charge is 2.36. The Hall–Kier alpha value is -2.29. The number of anilines is 1. The van der Waals surface area contributed by atoms with Crippen LogP contribution in [0, 0.1) is 0 Å². The summed E-state index contributed by atoms with van der Waals surface area (Å²) in [4.78, 5) is 7.18. The van der Waals surface area contributed by atoms with Gasteiger partial charge in [-0.1, -0.05) is 26.0 Å². The number of benzene rings is 2. The lowest BCUT2D eigenvalue weighted by Gasteiger charge is -2.47. The maximum atomic E-state index is 5.71. The van der Waals surface area contributed by atoms with Crippen molar-refractivity contribution in [2.24, 2.45) is 4.99 Å². The number of hydrogen-bond donors (Lipinski definition) is 0. The van der Waals surface area contributed by atoms with Crippen molar-refractivity contribution in [3.8, 4) is 5.75 Å². The SMILES string of the molecule is CCc1ccc(N=Cc2cc3c(cc2OC)N(CC)C(C)(C)CC3C)cc1. The van der Waals surface area contributed by atoms with Crippen molar-refractivity contribution in [2.75, 3.05) is 18.6 Å². The second-order valence-electron chi connectivity index (χ2n) is 8.09. The highest BCUT2D eigenvalue weighted by Crippen LogP contribution is 2.45. The van der Waals surface area contributed by atoms with Gasteiger partial charge in [-0.3, -0.25) is 4.99 Å². The fourth-order valence-corrected chi connectivity index (χ4v) is 4.37. The second kappa shape index (κ2) is 7.75. The third-order valence-corrected chi connectivity index (χ3v) is 5.75. The number of rotatable bonds is 5. The van der Waals surface area contributed by atoms with Gasteiger partial charge in [0.05, 0.1) is 12.8 Å².